The highest BCUT2D eigenvalue weighted by molar-refractivity contribution is 7.27. The van der Waals surface area contributed by atoms with Crippen LogP contribution in [0.2, 0.25) is 0 Å². The molecule has 1 aromatic carbocycles. The van der Waals surface area contributed by atoms with E-state index in [1.807, 2.05) is 0 Å². The molecule has 2 aromatic rings. The lowest BCUT2D eigenvalue weighted by molar-refractivity contribution is 0.500. The number of hydrogen-bond donors (Lipinski definition) is 0. The smallest absolute Gasteiger partial charge is 0.0927 e. The zero-order chi connectivity index (χ0) is 19.9. The van der Waals surface area contributed by atoms with E-state index in [9.17, 15) is 0 Å². The molecule has 0 fully saturated rings. The third-order valence-corrected chi connectivity index (χ3v) is 8.12. The summed E-state index contributed by atoms with van der Waals surface area (Å²) < 4.78 is 0. The van der Waals surface area contributed by atoms with Gasteiger partial charge >= 0.3 is 0 Å². The van der Waals surface area contributed by atoms with Gasteiger partial charge in [0.1, 0.15) is 0 Å². The lowest BCUT2D eigenvalue weighted by Crippen LogP contribution is -2.22. The molecule has 0 saturated carbocycles. The van der Waals surface area contributed by atoms with Gasteiger partial charge < -0.3 is 4.90 Å². The van der Waals surface area contributed by atoms with Crippen LogP contribution in [0.3, 0.4) is 0 Å². The molecule has 146 valence electrons. The first kappa shape index (κ1) is 17.7. The van der Waals surface area contributed by atoms with Crippen molar-refractivity contribution in [1.82, 2.24) is 9.88 Å². The van der Waals surface area contributed by atoms with Crippen LogP contribution in [0.15, 0.2) is 47.2 Å². The normalized spacial score (nSPS) is 21.5. The van der Waals surface area contributed by atoms with Crippen molar-refractivity contribution in [3.8, 4) is 0 Å². The van der Waals surface area contributed by atoms with Crippen LogP contribution in [0.4, 0.5) is 0 Å². The maximum absolute atomic E-state index is 5.26. The predicted octanol–water partition coefficient (Wildman–Crippen LogP) is 5.64. The summed E-state index contributed by atoms with van der Waals surface area (Å²) >= 11 is 0. The molecular weight excluding hydrogens is 371 g/mol. The van der Waals surface area contributed by atoms with E-state index in [1.54, 1.807) is 11.1 Å². The van der Waals surface area contributed by atoms with E-state index < -0.39 is 0 Å². The van der Waals surface area contributed by atoms with Crippen LogP contribution in [-0.2, 0) is 19.4 Å². The fourth-order valence-electron chi connectivity index (χ4n) is 5.85. The molecule has 0 bridgehead atoms. The molecule has 0 radical (unpaired) electrons. The summed E-state index contributed by atoms with van der Waals surface area (Å²) in [5.41, 5.74) is 15.3. The zero-order valence-electron chi connectivity index (χ0n) is 17.4. The molecule has 3 heterocycles. The molecule has 29 heavy (non-hydrogen) atoms. The Morgan fingerprint density at radius 3 is 2.79 bits per heavy atom. The van der Waals surface area contributed by atoms with Crippen LogP contribution in [-0.4, -0.2) is 9.88 Å². The molecule has 2 aliphatic carbocycles. The highest BCUT2D eigenvalue weighted by atomic mass is 31.0. The van der Waals surface area contributed by atoms with Crippen molar-refractivity contribution in [2.75, 3.05) is 0 Å². The first-order chi connectivity index (χ1) is 14.1. The van der Waals surface area contributed by atoms with Crippen molar-refractivity contribution in [3.05, 3.63) is 75.2 Å². The molecule has 1 unspecified atom stereocenters. The lowest BCUT2D eigenvalue weighted by Gasteiger charge is -2.33. The van der Waals surface area contributed by atoms with Crippen molar-refractivity contribution in [1.29, 1.82) is 0 Å². The summed E-state index contributed by atoms with van der Waals surface area (Å²) in [5.74, 6) is 0. The van der Waals surface area contributed by atoms with Crippen LogP contribution >= 0.6 is 9.24 Å². The fraction of sp³-hybridized carbons (Fsp3) is 0.346. The second-order valence-corrected chi connectivity index (χ2v) is 9.55. The van der Waals surface area contributed by atoms with Gasteiger partial charge in [0.2, 0.25) is 0 Å². The van der Waals surface area contributed by atoms with E-state index in [4.69, 9.17) is 4.98 Å². The minimum atomic E-state index is 0.937. The van der Waals surface area contributed by atoms with Gasteiger partial charge in [0.15, 0.2) is 0 Å². The largest absolute Gasteiger partial charge is 0.335 e. The Labute approximate surface area is 175 Å². The third-order valence-electron chi connectivity index (χ3n) is 7.52. The maximum Gasteiger partial charge on any atom is 0.0927 e. The van der Waals surface area contributed by atoms with E-state index in [1.165, 1.54) is 86.8 Å². The van der Waals surface area contributed by atoms with Crippen LogP contribution in [0.1, 0.15) is 60.6 Å². The van der Waals surface area contributed by atoms with Crippen LogP contribution < -0.4 is 5.30 Å². The van der Waals surface area contributed by atoms with Gasteiger partial charge in [-0.2, -0.15) is 0 Å². The highest BCUT2D eigenvalue weighted by Crippen LogP contribution is 2.48. The van der Waals surface area contributed by atoms with Gasteiger partial charge in [0, 0.05) is 16.6 Å². The molecule has 0 amide bonds. The number of pyridine rings is 1. The van der Waals surface area contributed by atoms with Crippen LogP contribution in [0, 0.1) is 6.92 Å². The number of hydrogen-bond acceptors (Lipinski definition) is 2. The van der Waals surface area contributed by atoms with Gasteiger partial charge in [-0.05, 0) is 97.7 Å². The number of allylic oxidation sites excluding steroid dienone is 5. The number of benzene rings is 1. The second kappa shape index (κ2) is 6.16. The van der Waals surface area contributed by atoms with E-state index in [2.05, 4.69) is 52.8 Å². The molecule has 6 rings (SSSR count). The Kier molecular flexibility index (Phi) is 3.75. The van der Waals surface area contributed by atoms with Crippen molar-refractivity contribution in [2.45, 2.75) is 58.9 Å². The maximum atomic E-state index is 5.26. The van der Waals surface area contributed by atoms with E-state index >= 15 is 0 Å². The highest BCUT2D eigenvalue weighted by Gasteiger charge is 2.36. The van der Waals surface area contributed by atoms with Gasteiger partial charge in [0.05, 0.1) is 23.5 Å². The van der Waals surface area contributed by atoms with E-state index in [0.29, 0.717) is 0 Å². The molecule has 1 atom stereocenters. The van der Waals surface area contributed by atoms with Gasteiger partial charge in [-0.15, -0.1) is 9.24 Å². The van der Waals surface area contributed by atoms with Gasteiger partial charge in [-0.1, -0.05) is 18.2 Å². The number of aromatic nitrogens is 1. The second-order valence-electron chi connectivity index (χ2n) is 8.92. The summed E-state index contributed by atoms with van der Waals surface area (Å²) in [6, 6.07) is 2.28. The number of aryl methyl sites for hydroxylation is 2. The van der Waals surface area contributed by atoms with Gasteiger partial charge in [0.25, 0.3) is 0 Å². The fourth-order valence-corrected chi connectivity index (χ4v) is 6.18. The molecule has 3 heteroatoms. The zero-order valence-corrected chi connectivity index (χ0v) is 18.5. The van der Waals surface area contributed by atoms with E-state index in [-0.39, 0.29) is 0 Å². The Morgan fingerprint density at radius 1 is 1.14 bits per heavy atom. The summed E-state index contributed by atoms with van der Waals surface area (Å²) in [5, 5.41) is 2.73. The molecule has 0 saturated heterocycles. The summed E-state index contributed by atoms with van der Waals surface area (Å²) in [6.07, 6.45) is 11.7. The molecule has 0 N–H and O–H groups in total. The molecule has 2 nitrogen and oxygen atoms in total. The monoisotopic (exact) mass is 398 g/mol. The third kappa shape index (κ3) is 2.36. The summed E-state index contributed by atoms with van der Waals surface area (Å²) in [7, 11) is 2.92. The molecule has 4 aliphatic rings. The average molecular weight is 398 g/mol. The lowest BCUT2D eigenvalue weighted by atomic mass is 9.83. The van der Waals surface area contributed by atoms with Crippen molar-refractivity contribution >= 4 is 31.1 Å². The SMILES string of the molecule is C=C1C2=C(C=C3c4nc5cc(P)c(C)c6c5c(c4CN13)CCC6)C/C(=C\C)CC2. The van der Waals surface area contributed by atoms with Crippen molar-refractivity contribution in [3.63, 3.8) is 0 Å². The number of rotatable bonds is 0. The topological polar surface area (TPSA) is 16.1 Å². The Balaban J connectivity index is 1.59. The predicted molar refractivity (Wildman–Crippen MR) is 125 cm³/mol. The Hall–Kier alpha value is -2.18. The standard InChI is InChI=1S/C26H27N2P/c1-4-16-8-9-19-15(3)28-13-21-20-7-5-6-18-14(2)24(29)12-22(25(18)20)27-26(21)23(28)11-17(19)10-16/h4,11-12H,3,5-10,13,29H2,1-2H3/b16-4-. The molecule has 1 aromatic heterocycles. The van der Waals surface area contributed by atoms with Gasteiger partial charge in [-0.25, -0.2) is 4.98 Å². The minimum Gasteiger partial charge on any atom is -0.335 e. The molecule has 2 aliphatic heterocycles. The van der Waals surface area contributed by atoms with Crippen LogP contribution in [0.5, 0.6) is 0 Å². The minimum absolute atomic E-state index is 0.937. The van der Waals surface area contributed by atoms with Crippen molar-refractivity contribution < 1.29 is 0 Å². The number of fused-ring (bicyclic) bond motifs is 4. The Morgan fingerprint density at radius 2 is 1.97 bits per heavy atom. The summed E-state index contributed by atoms with van der Waals surface area (Å²) in [4.78, 5) is 7.69. The molecular formula is C26H27N2P. The number of nitrogens with zero attached hydrogens (tertiary/aromatic N) is 2. The van der Waals surface area contributed by atoms with Crippen LogP contribution in [0.25, 0.3) is 16.6 Å². The summed E-state index contributed by atoms with van der Waals surface area (Å²) in [6.45, 7) is 9.91. The van der Waals surface area contributed by atoms with Gasteiger partial charge in [-0.3, -0.25) is 0 Å². The average Bonchev–Trinajstić information content (AvgIpc) is 3.10. The van der Waals surface area contributed by atoms with E-state index in [0.717, 1.165) is 19.4 Å². The van der Waals surface area contributed by atoms with Crippen molar-refractivity contribution in [2.24, 2.45) is 0 Å². The first-order valence-electron chi connectivity index (χ1n) is 10.8. The Bertz CT molecular complexity index is 1230. The first-order valence-corrected chi connectivity index (χ1v) is 11.4. The molecule has 0 spiro atoms. The quantitative estimate of drug-likeness (QED) is 0.422.